The molecule has 10 heteroatoms. The Morgan fingerprint density at radius 1 is 1.22 bits per heavy atom. The van der Waals surface area contributed by atoms with Gasteiger partial charge < -0.3 is 4.74 Å². The molecule has 1 amide bonds. The zero-order valence-corrected chi connectivity index (χ0v) is 17.8. The van der Waals surface area contributed by atoms with Gasteiger partial charge in [-0.15, -0.1) is 0 Å². The van der Waals surface area contributed by atoms with E-state index in [0.29, 0.717) is 22.7 Å². The number of carbonyl (C=O) groups is 1. The van der Waals surface area contributed by atoms with Gasteiger partial charge in [-0.25, -0.2) is 9.82 Å². The Bertz CT molecular complexity index is 1170. The Kier molecular flexibility index (Phi) is 6.93. The molecule has 0 saturated carbocycles. The van der Waals surface area contributed by atoms with Gasteiger partial charge in [0.25, 0.3) is 5.91 Å². The number of hydrazone groups is 1. The fourth-order valence-electron chi connectivity index (χ4n) is 3.06. The van der Waals surface area contributed by atoms with Crippen LogP contribution in [0.5, 0.6) is 5.75 Å². The summed E-state index contributed by atoms with van der Waals surface area (Å²) in [5.74, 6) is -0.215. The van der Waals surface area contributed by atoms with Gasteiger partial charge in [-0.1, -0.05) is 18.2 Å². The number of carbonyl (C=O) groups excluding carboxylic acids is 1. The minimum Gasteiger partial charge on any atom is -0.489 e. The molecule has 0 saturated heterocycles. The first kappa shape index (κ1) is 22.6. The van der Waals surface area contributed by atoms with E-state index in [9.17, 15) is 19.3 Å². The van der Waals surface area contributed by atoms with Crippen LogP contribution in [-0.4, -0.2) is 26.3 Å². The number of hydrogen-bond acceptors (Lipinski definition) is 6. The molecule has 0 radical (unpaired) electrons. The number of rotatable bonds is 8. The fourth-order valence-corrected chi connectivity index (χ4v) is 3.06. The summed E-state index contributed by atoms with van der Waals surface area (Å²) in [5.41, 5.74) is 4.65. The maximum absolute atomic E-state index is 13.7. The summed E-state index contributed by atoms with van der Waals surface area (Å²) in [7, 11) is 0. The zero-order chi connectivity index (χ0) is 23.3. The molecule has 32 heavy (non-hydrogen) atoms. The molecule has 0 aliphatic rings. The highest BCUT2D eigenvalue weighted by Crippen LogP contribution is 2.21. The molecule has 0 bridgehead atoms. The highest BCUT2D eigenvalue weighted by Gasteiger charge is 2.22. The molecule has 0 atom stereocenters. The molecular formula is C22H22FN5O4. The summed E-state index contributed by atoms with van der Waals surface area (Å²) < 4.78 is 20.5. The second-order valence-corrected chi connectivity index (χ2v) is 7.07. The van der Waals surface area contributed by atoms with Crippen LogP contribution in [0.1, 0.15) is 29.4 Å². The van der Waals surface area contributed by atoms with Gasteiger partial charge in [-0.3, -0.25) is 19.6 Å². The molecule has 3 rings (SSSR count). The highest BCUT2D eigenvalue weighted by molar-refractivity contribution is 5.99. The maximum Gasteiger partial charge on any atom is 0.312 e. The third-order valence-corrected chi connectivity index (χ3v) is 4.79. The summed E-state index contributed by atoms with van der Waals surface area (Å²) in [6, 6.07) is 13.4. The van der Waals surface area contributed by atoms with Crippen LogP contribution in [0.4, 0.5) is 10.1 Å². The van der Waals surface area contributed by atoms with Gasteiger partial charge in [-0.05, 0) is 56.7 Å². The van der Waals surface area contributed by atoms with Crippen molar-refractivity contribution in [2.24, 2.45) is 5.10 Å². The lowest BCUT2D eigenvalue weighted by atomic mass is 10.1. The zero-order valence-electron chi connectivity index (χ0n) is 17.8. The SMILES string of the molecule is C/C(=N\NC(=O)Cn1nc(C)c([N+](=O)[O-])c1C)c1ccc(OCc2ccccc2F)cc1. The molecule has 0 aliphatic carbocycles. The number of nitrogens with zero attached hydrogens (tertiary/aromatic N) is 4. The summed E-state index contributed by atoms with van der Waals surface area (Å²) in [5, 5.41) is 19.2. The van der Waals surface area contributed by atoms with E-state index < -0.39 is 10.8 Å². The molecule has 2 aromatic carbocycles. The van der Waals surface area contributed by atoms with Crippen LogP contribution in [-0.2, 0) is 17.9 Å². The van der Waals surface area contributed by atoms with Gasteiger partial charge >= 0.3 is 5.69 Å². The minimum absolute atomic E-state index is 0.102. The second-order valence-electron chi connectivity index (χ2n) is 7.07. The normalized spacial score (nSPS) is 11.3. The quantitative estimate of drug-likeness (QED) is 0.327. The van der Waals surface area contributed by atoms with Gasteiger partial charge in [-0.2, -0.15) is 10.2 Å². The number of amides is 1. The molecule has 0 spiro atoms. The lowest BCUT2D eigenvalue weighted by molar-refractivity contribution is -0.386. The second kappa shape index (κ2) is 9.82. The first-order chi connectivity index (χ1) is 15.3. The van der Waals surface area contributed by atoms with Crippen molar-refractivity contribution in [2.45, 2.75) is 33.9 Å². The maximum atomic E-state index is 13.7. The average molecular weight is 439 g/mol. The van der Waals surface area contributed by atoms with Crippen molar-refractivity contribution < 1.29 is 18.8 Å². The van der Waals surface area contributed by atoms with Crippen LogP contribution >= 0.6 is 0 Å². The van der Waals surface area contributed by atoms with Crippen LogP contribution in [0.2, 0.25) is 0 Å². The number of nitrogens with one attached hydrogen (secondary N) is 1. The number of nitro groups is 1. The first-order valence-electron chi connectivity index (χ1n) is 9.74. The van der Waals surface area contributed by atoms with Crippen LogP contribution in [0, 0.1) is 29.8 Å². The average Bonchev–Trinajstić information content (AvgIpc) is 3.04. The Hall–Kier alpha value is -4.08. The van der Waals surface area contributed by atoms with E-state index in [4.69, 9.17) is 4.74 Å². The summed E-state index contributed by atoms with van der Waals surface area (Å²) >= 11 is 0. The molecule has 1 heterocycles. The molecule has 0 fully saturated rings. The van der Waals surface area contributed by atoms with Crippen molar-refractivity contribution >= 4 is 17.3 Å². The van der Waals surface area contributed by atoms with E-state index in [0.717, 1.165) is 5.56 Å². The van der Waals surface area contributed by atoms with Crippen molar-refractivity contribution in [3.8, 4) is 5.75 Å². The highest BCUT2D eigenvalue weighted by atomic mass is 19.1. The van der Waals surface area contributed by atoms with E-state index >= 15 is 0 Å². The Morgan fingerprint density at radius 2 is 1.91 bits per heavy atom. The number of halogens is 1. The van der Waals surface area contributed by atoms with Gasteiger partial charge in [0.1, 0.15) is 36.1 Å². The van der Waals surface area contributed by atoms with Crippen LogP contribution in [0.15, 0.2) is 53.6 Å². The van der Waals surface area contributed by atoms with Gasteiger partial charge in [0.05, 0.1) is 10.6 Å². The number of ether oxygens (including phenoxy) is 1. The Balaban J connectivity index is 1.57. The first-order valence-corrected chi connectivity index (χ1v) is 9.74. The Morgan fingerprint density at radius 3 is 2.53 bits per heavy atom. The van der Waals surface area contributed by atoms with Gasteiger partial charge in [0.2, 0.25) is 0 Å². The van der Waals surface area contributed by atoms with E-state index in [-0.39, 0.29) is 30.4 Å². The van der Waals surface area contributed by atoms with E-state index in [1.165, 1.54) is 24.6 Å². The Labute approximate surface area is 183 Å². The van der Waals surface area contributed by atoms with Crippen molar-refractivity contribution in [3.05, 3.63) is 87.0 Å². The molecule has 1 aromatic heterocycles. The molecule has 1 N–H and O–H groups in total. The van der Waals surface area contributed by atoms with Gasteiger partial charge in [0, 0.05) is 5.56 Å². The van der Waals surface area contributed by atoms with Crippen LogP contribution in [0.3, 0.4) is 0 Å². The molecule has 0 aliphatic heterocycles. The van der Waals surface area contributed by atoms with E-state index in [1.54, 1.807) is 49.4 Å². The summed E-state index contributed by atoms with van der Waals surface area (Å²) in [6.45, 7) is 4.70. The van der Waals surface area contributed by atoms with Crippen molar-refractivity contribution in [1.29, 1.82) is 0 Å². The minimum atomic E-state index is -0.516. The van der Waals surface area contributed by atoms with Crippen LogP contribution in [0.25, 0.3) is 0 Å². The van der Waals surface area contributed by atoms with Crippen molar-refractivity contribution in [2.75, 3.05) is 0 Å². The van der Waals surface area contributed by atoms with Crippen LogP contribution < -0.4 is 10.2 Å². The van der Waals surface area contributed by atoms with E-state index in [2.05, 4.69) is 15.6 Å². The molecular weight excluding hydrogens is 417 g/mol. The predicted molar refractivity (Wildman–Crippen MR) is 116 cm³/mol. The van der Waals surface area contributed by atoms with Gasteiger partial charge in [0.15, 0.2) is 0 Å². The standard InChI is InChI=1S/C22H22FN5O4/c1-14(24-25-21(29)12-27-16(3)22(28(30)31)15(2)26-27)17-8-10-19(11-9-17)32-13-18-6-4-5-7-20(18)23/h4-11H,12-13H2,1-3H3,(H,25,29)/b24-14+. The molecule has 0 unspecified atom stereocenters. The topological polar surface area (TPSA) is 112 Å². The summed E-state index contributed by atoms with van der Waals surface area (Å²) in [4.78, 5) is 22.7. The third-order valence-electron chi connectivity index (χ3n) is 4.79. The lowest BCUT2D eigenvalue weighted by Gasteiger charge is -2.08. The number of hydrogen-bond donors (Lipinski definition) is 1. The summed E-state index contributed by atoms with van der Waals surface area (Å²) in [6.07, 6.45) is 0. The number of benzene rings is 2. The third kappa shape index (κ3) is 5.34. The largest absolute Gasteiger partial charge is 0.489 e. The number of aromatic nitrogens is 2. The number of aryl methyl sites for hydroxylation is 1. The van der Waals surface area contributed by atoms with Crippen molar-refractivity contribution in [3.63, 3.8) is 0 Å². The van der Waals surface area contributed by atoms with E-state index in [1.807, 2.05) is 0 Å². The lowest BCUT2D eigenvalue weighted by Crippen LogP contribution is -2.25. The molecule has 9 nitrogen and oxygen atoms in total. The predicted octanol–water partition coefficient (Wildman–Crippen LogP) is 3.67. The fraction of sp³-hybridized carbons (Fsp3) is 0.227. The van der Waals surface area contributed by atoms with Crippen molar-refractivity contribution in [1.82, 2.24) is 15.2 Å². The monoisotopic (exact) mass is 439 g/mol. The molecule has 166 valence electrons. The molecule has 3 aromatic rings. The smallest absolute Gasteiger partial charge is 0.312 e.